The summed E-state index contributed by atoms with van der Waals surface area (Å²) in [6.07, 6.45) is 4.53. The van der Waals surface area contributed by atoms with Crippen LogP contribution in [0.2, 0.25) is 0 Å². The van der Waals surface area contributed by atoms with E-state index in [1.165, 1.54) is 0 Å². The highest BCUT2D eigenvalue weighted by Crippen LogP contribution is 2.04. The van der Waals surface area contributed by atoms with Gasteiger partial charge in [0.25, 0.3) is 0 Å². The quantitative estimate of drug-likeness (QED) is 0.797. The topological polar surface area (TPSA) is 51.5 Å². The predicted octanol–water partition coefficient (Wildman–Crippen LogP) is 0.506. The van der Waals surface area contributed by atoms with Gasteiger partial charge in [-0.05, 0) is 13.1 Å². The fourth-order valence-corrected chi connectivity index (χ4v) is 1.66. The lowest BCUT2D eigenvalue weighted by Gasteiger charge is -2.14. The van der Waals surface area contributed by atoms with Gasteiger partial charge in [-0.1, -0.05) is 0 Å². The van der Waals surface area contributed by atoms with Crippen molar-refractivity contribution in [3.63, 3.8) is 0 Å². The van der Waals surface area contributed by atoms with Gasteiger partial charge in [0.1, 0.15) is 0 Å². The molecule has 0 saturated carbocycles. The summed E-state index contributed by atoms with van der Waals surface area (Å²) in [7, 11) is 3.64. The van der Waals surface area contributed by atoms with Crippen molar-refractivity contribution in [2.45, 2.75) is 12.5 Å². The summed E-state index contributed by atoms with van der Waals surface area (Å²) in [6.45, 7) is 0.683. The predicted molar refractivity (Wildman–Crippen MR) is 61.4 cm³/mol. The number of fused-ring (bicyclic) bond motifs is 1. The Labute approximate surface area is 94.4 Å². The van der Waals surface area contributed by atoms with Crippen molar-refractivity contribution < 1.29 is 4.74 Å². The molecule has 16 heavy (non-hydrogen) atoms. The van der Waals surface area contributed by atoms with Crippen molar-refractivity contribution in [2.24, 2.45) is 0 Å². The number of aromatic nitrogens is 3. The third kappa shape index (κ3) is 2.37. The van der Waals surface area contributed by atoms with Crippen LogP contribution in [-0.2, 0) is 11.2 Å². The van der Waals surface area contributed by atoms with Crippen LogP contribution in [0, 0.1) is 0 Å². The summed E-state index contributed by atoms with van der Waals surface area (Å²) >= 11 is 0. The molecule has 1 N–H and O–H groups in total. The van der Waals surface area contributed by atoms with Crippen LogP contribution in [0.5, 0.6) is 0 Å². The van der Waals surface area contributed by atoms with Gasteiger partial charge in [-0.3, -0.25) is 0 Å². The zero-order valence-corrected chi connectivity index (χ0v) is 9.55. The number of likely N-dealkylation sites (N-methyl/N-ethyl adjacent to an activating group) is 1. The van der Waals surface area contributed by atoms with E-state index in [9.17, 15) is 0 Å². The highest BCUT2D eigenvalue weighted by Gasteiger charge is 2.08. The third-order valence-electron chi connectivity index (χ3n) is 2.55. The average Bonchev–Trinajstić information content (AvgIpc) is 2.75. The van der Waals surface area contributed by atoms with Crippen LogP contribution in [0.15, 0.2) is 24.5 Å². The van der Waals surface area contributed by atoms with Crippen LogP contribution in [-0.4, -0.2) is 41.4 Å². The monoisotopic (exact) mass is 220 g/mol. The summed E-state index contributed by atoms with van der Waals surface area (Å²) in [4.78, 5) is 4.51. The van der Waals surface area contributed by atoms with E-state index in [1.807, 2.05) is 25.4 Å². The molecule has 2 aromatic rings. The number of hydrogen-bond donors (Lipinski definition) is 1. The maximum atomic E-state index is 5.13. The van der Waals surface area contributed by atoms with Crippen molar-refractivity contribution >= 4 is 5.65 Å². The second-order valence-corrected chi connectivity index (χ2v) is 3.70. The van der Waals surface area contributed by atoms with Gasteiger partial charge in [0.15, 0.2) is 5.65 Å². The first-order valence-electron chi connectivity index (χ1n) is 5.29. The Morgan fingerprint density at radius 1 is 1.50 bits per heavy atom. The van der Waals surface area contributed by atoms with E-state index in [0.29, 0.717) is 12.6 Å². The molecular weight excluding hydrogens is 204 g/mol. The van der Waals surface area contributed by atoms with Gasteiger partial charge in [0, 0.05) is 37.5 Å². The van der Waals surface area contributed by atoms with E-state index in [-0.39, 0.29) is 0 Å². The third-order valence-corrected chi connectivity index (χ3v) is 2.55. The van der Waals surface area contributed by atoms with E-state index < -0.39 is 0 Å². The normalized spacial score (nSPS) is 13.1. The Balaban J connectivity index is 2.13. The van der Waals surface area contributed by atoms with Crippen molar-refractivity contribution in [1.82, 2.24) is 19.9 Å². The molecule has 0 aliphatic carbocycles. The molecule has 86 valence electrons. The lowest BCUT2D eigenvalue weighted by molar-refractivity contribution is 0.169. The van der Waals surface area contributed by atoms with Crippen LogP contribution in [0.25, 0.3) is 5.65 Å². The first kappa shape index (κ1) is 11.0. The molecule has 0 aliphatic heterocycles. The molecular formula is C11H16N4O. The molecule has 5 heteroatoms. The first-order valence-corrected chi connectivity index (χ1v) is 5.29. The summed E-state index contributed by atoms with van der Waals surface area (Å²) < 4.78 is 6.89. The number of methoxy groups -OCH3 is 1. The standard InChI is InChI=1S/C11H16N4O/c1-12-10(8-16-2)7-9-4-6-15-11(14-9)3-5-13-15/h3-6,10,12H,7-8H2,1-2H3. The summed E-state index contributed by atoms with van der Waals surface area (Å²) in [5.74, 6) is 0. The van der Waals surface area contributed by atoms with Crippen LogP contribution >= 0.6 is 0 Å². The van der Waals surface area contributed by atoms with Gasteiger partial charge in [-0.15, -0.1) is 0 Å². The molecule has 0 spiro atoms. The Morgan fingerprint density at radius 3 is 3.12 bits per heavy atom. The van der Waals surface area contributed by atoms with Crippen molar-refractivity contribution in [2.75, 3.05) is 20.8 Å². The van der Waals surface area contributed by atoms with Crippen molar-refractivity contribution in [3.05, 3.63) is 30.2 Å². The zero-order valence-electron chi connectivity index (χ0n) is 9.55. The summed E-state index contributed by atoms with van der Waals surface area (Å²) in [5, 5.41) is 7.32. The van der Waals surface area contributed by atoms with Gasteiger partial charge >= 0.3 is 0 Å². The Morgan fingerprint density at radius 2 is 2.38 bits per heavy atom. The van der Waals surface area contributed by atoms with Crippen LogP contribution in [0.3, 0.4) is 0 Å². The molecule has 1 unspecified atom stereocenters. The van der Waals surface area contributed by atoms with Crippen molar-refractivity contribution in [1.29, 1.82) is 0 Å². The Hall–Kier alpha value is -1.46. The zero-order chi connectivity index (χ0) is 11.4. The van der Waals surface area contributed by atoms with E-state index in [2.05, 4.69) is 15.4 Å². The smallest absolute Gasteiger partial charge is 0.155 e. The molecule has 5 nitrogen and oxygen atoms in total. The van der Waals surface area contributed by atoms with Crippen molar-refractivity contribution in [3.8, 4) is 0 Å². The molecule has 0 radical (unpaired) electrons. The van der Waals surface area contributed by atoms with Gasteiger partial charge in [-0.2, -0.15) is 5.10 Å². The minimum atomic E-state index is 0.294. The molecule has 0 aromatic carbocycles. The molecule has 0 amide bonds. The Bertz CT molecular complexity index is 454. The minimum absolute atomic E-state index is 0.294. The van der Waals surface area contributed by atoms with Gasteiger partial charge in [-0.25, -0.2) is 9.50 Å². The first-order chi connectivity index (χ1) is 7.83. The maximum absolute atomic E-state index is 5.13. The number of nitrogens with one attached hydrogen (secondary N) is 1. The number of hydrogen-bond acceptors (Lipinski definition) is 4. The summed E-state index contributed by atoms with van der Waals surface area (Å²) in [5.41, 5.74) is 1.93. The lowest BCUT2D eigenvalue weighted by atomic mass is 10.1. The van der Waals surface area contributed by atoms with E-state index in [1.54, 1.807) is 17.8 Å². The fraction of sp³-hybridized carbons (Fsp3) is 0.455. The molecule has 1 atom stereocenters. The molecule has 0 aliphatic rings. The Kier molecular flexibility index (Phi) is 3.48. The molecule has 2 heterocycles. The molecule has 2 aromatic heterocycles. The lowest BCUT2D eigenvalue weighted by Crippen LogP contribution is -2.32. The van der Waals surface area contributed by atoms with Gasteiger partial charge < -0.3 is 10.1 Å². The largest absolute Gasteiger partial charge is 0.383 e. The number of ether oxygens (including phenoxy) is 1. The number of rotatable bonds is 5. The molecule has 0 bridgehead atoms. The highest BCUT2D eigenvalue weighted by atomic mass is 16.5. The molecule has 0 fully saturated rings. The van der Waals surface area contributed by atoms with E-state index in [4.69, 9.17) is 4.74 Å². The SMILES string of the molecule is CNC(COC)Cc1ccn2nccc2n1. The number of nitrogens with zero attached hydrogens (tertiary/aromatic N) is 3. The molecule has 2 rings (SSSR count). The second kappa shape index (κ2) is 5.05. The van der Waals surface area contributed by atoms with Crippen LogP contribution in [0.1, 0.15) is 5.69 Å². The van der Waals surface area contributed by atoms with Gasteiger partial charge in [0.2, 0.25) is 0 Å². The highest BCUT2D eigenvalue weighted by molar-refractivity contribution is 5.36. The van der Waals surface area contributed by atoms with E-state index in [0.717, 1.165) is 17.8 Å². The van der Waals surface area contributed by atoms with Crippen LogP contribution < -0.4 is 5.32 Å². The van der Waals surface area contributed by atoms with Gasteiger partial charge in [0.05, 0.1) is 12.8 Å². The molecule has 0 saturated heterocycles. The maximum Gasteiger partial charge on any atom is 0.155 e. The average molecular weight is 220 g/mol. The second-order valence-electron chi connectivity index (χ2n) is 3.70. The summed E-state index contributed by atoms with van der Waals surface area (Å²) in [6, 6.07) is 4.18. The van der Waals surface area contributed by atoms with E-state index >= 15 is 0 Å². The fourth-order valence-electron chi connectivity index (χ4n) is 1.66. The van der Waals surface area contributed by atoms with Crippen LogP contribution in [0.4, 0.5) is 0 Å². The minimum Gasteiger partial charge on any atom is -0.383 e.